The van der Waals surface area contributed by atoms with Gasteiger partial charge in [-0.1, -0.05) is 23.7 Å². The van der Waals surface area contributed by atoms with E-state index in [4.69, 9.17) is 17.3 Å². The molecule has 0 fully saturated rings. The molecule has 1 aromatic carbocycles. The first-order valence-electron chi connectivity index (χ1n) is 5.28. The Hall–Kier alpha value is -2.27. The number of aromatic amines is 2. The van der Waals surface area contributed by atoms with Crippen LogP contribution in [-0.2, 0) is 0 Å². The number of fused-ring (bicyclic) bond motifs is 1. The normalized spacial score (nSPS) is 10.9. The van der Waals surface area contributed by atoms with Crippen molar-refractivity contribution in [2.45, 2.75) is 0 Å². The number of aromatic nitrogens is 3. The summed E-state index contributed by atoms with van der Waals surface area (Å²) in [5.74, 6) is 0.0945. The summed E-state index contributed by atoms with van der Waals surface area (Å²) in [5.41, 5.74) is 7.37. The van der Waals surface area contributed by atoms with Gasteiger partial charge in [0.25, 0.3) is 5.56 Å². The number of hydrogen-bond acceptors (Lipinski definition) is 3. The van der Waals surface area contributed by atoms with Gasteiger partial charge in [-0.05, 0) is 17.7 Å². The summed E-state index contributed by atoms with van der Waals surface area (Å²) < 4.78 is 0. The predicted octanol–water partition coefficient (Wildman–Crippen LogP) is 2.15. The fourth-order valence-corrected chi connectivity index (χ4v) is 2.04. The van der Waals surface area contributed by atoms with Crippen LogP contribution in [0, 0.1) is 0 Å². The van der Waals surface area contributed by atoms with Crippen molar-refractivity contribution >= 4 is 28.6 Å². The Kier molecular flexibility index (Phi) is 2.34. The third-order valence-corrected chi connectivity index (χ3v) is 2.97. The lowest BCUT2D eigenvalue weighted by atomic mass is 10.1. The number of hydrogen-bond donors (Lipinski definition) is 3. The Morgan fingerprint density at radius 1 is 1.22 bits per heavy atom. The Morgan fingerprint density at radius 2 is 1.94 bits per heavy atom. The van der Waals surface area contributed by atoms with E-state index in [1.54, 1.807) is 18.3 Å². The molecule has 0 saturated heterocycles. The minimum Gasteiger partial charge on any atom is -0.369 e. The second kappa shape index (κ2) is 3.89. The highest BCUT2D eigenvalue weighted by Crippen LogP contribution is 2.26. The van der Waals surface area contributed by atoms with Crippen LogP contribution < -0.4 is 11.3 Å². The van der Waals surface area contributed by atoms with Crippen molar-refractivity contribution in [3.63, 3.8) is 0 Å². The number of benzene rings is 1. The van der Waals surface area contributed by atoms with Gasteiger partial charge in [0.1, 0.15) is 5.65 Å². The predicted molar refractivity (Wildman–Crippen MR) is 71.6 cm³/mol. The van der Waals surface area contributed by atoms with Gasteiger partial charge in [0.2, 0.25) is 5.95 Å². The molecule has 18 heavy (non-hydrogen) atoms. The molecule has 6 heteroatoms. The summed E-state index contributed by atoms with van der Waals surface area (Å²) in [7, 11) is 0. The lowest BCUT2D eigenvalue weighted by Gasteiger charge is -1.99. The highest BCUT2D eigenvalue weighted by Gasteiger charge is 2.11. The average Bonchev–Trinajstić information content (AvgIpc) is 2.74. The maximum Gasteiger partial charge on any atom is 0.262 e. The minimum absolute atomic E-state index is 0.0945. The Balaban J connectivity index is 2.30. The second-order valence-electron chi connectivity index (χ2n) is 3.88. The van der Waals surface area contributed by atoms with Crippen molar-refractivity contribution in [1.82, 2.24) is 15.0 Å². The standard InChI is InChI=1S/C12H9ClN4O/c13-7-3-1-6(2-4-7)8-5-15-10-9(8)11(18)17-12(14)16-10/h1-5H,(H4,14,15,16,17,18). The number of anilines is 1. The molecule has 0 aliphatic carbocycles. The van der Waals surface area contributed by atoms with E-state index in [1.807, 2.05) is 12.1 Å². The molecule has 5 nitrogen and oxygen atoms in total. The van der Waals surface area contributed by atoms with Gasteiger partial charge in [0.15, 0.2) is 0 Å². The van der Waals surface area contributed by atoms with Gasteiger partial charge in [-0.2, -0.15) is 4.98 Å². The summed E-state index contributed by atoms with van der Waals surface area (Å²) in [6.07, 6.45) is 1.73. The van der Waals surface area contributed by atoms with Crippen molar-refractivity contribution in [2.75, 3.05) is 5.73 Å². The SMILES string of the molecule is Nc1nc2[nH]cc(-c3ccc(Cl)cc3)c2c(=O)[nH]1. The van der Waals surface area contributed by atoms with Crippen molar-refractivity contribution < 1.29 is 0 Å². The van der Waals surface area contributed by atoms with Gasteiger partial charge in [-0.3, -0.25) is 9.78 Å². The molecule has 0 radical (unpaired) electrons. The minimum atomic E-state index is -0.260. The van der Waals surface area contributed by atoms with Gasteiger partial charge < -0.3 is 10.7 Å². The largest absolute Gasteiger partial charge is 0.369 e. The van der Waals surface area contributed by atoms with Gasteiger partial charge in [0, 0.05) is 16.8 Å². The fourth-order valence-electron chi connectivity index (χ4n) is 1.91. The Labute approximate surface area is 107 Å². The molecule has 0 amide bonds. The van der Waals surface area contributed by atoms with Crippen LogP contribution >= 0.6 is 11.6 Å². The molecule has 3 aromatic rings. The van der Waals surface area contributed by atoms with Gasteiger partial charge in [-0.15, -0.1) is 0 Å². The Bertz CT molecular complexity index is 773. The number of H-pyrrole nitrogens is 2. The van der Waals surface area contributed by atoms with Crippen LogP contribution in [0.1, 0.15) is 0 Å². The molecular weight excluding hydrogens is 252 g/mol. The average molecular weight is 261 g/mol. The number of nitrogen functional groups attached to an aromatic ring is 1. The van der Waals surface area contributed by atoms with E-state index in [-0.39, 0.29) is 11.5 Å². The molecule has 0 atom stereocenters. The van der Waals surface area contributed by atoms with Crippen LogP contribution in [0.15, 0.2) is 35.3 Å². The quantitative estimate of drug-likeness (QED) is 0.626. The summed E-state index contributed by atoms with van der Waals surface area (Å²) in [6.45, 7) is 0. The van der Waals surface area contributed by atoms with E-state index in [0.717, 1.165) is 11.1 Å². The highest BCUT2D eigenvalue weighted by molar-refractivity contribution is 6.30. The van der Waals surface area contributed by atoms with E-state index in [9.17, 15) is 4.79 Å². The van der Waals surface area contributed by atoms with E-state index in [0.29, 0.717) is 16.1 Å². The maximum atomic E-state index is 11.9. The first-order valence-corrected chi connectivity index (χ1v) is 5.66. The van der Waals surface area contributed by atoms with Crippen LogP contribution in [0.25, 0.3) is 22.2 Å². The fraction of sp³-hybridized carbons (Fsp3) is 0. The zero-order chi connectivity index (χ0) is 12.7. The van der Waals surface area contributed by atoms with Gasteiger partial charge in [0.05, 0.1) is 5.39 Å². The number of nitrogens with one attached hydrogen (secondary N) is 2. The summed E-state index contributed by atoms with van der Waals surface area (Å²) >= 11 is 5.84. The van der Waals surface area contributed by atoms with Crippen LogP contribution in [-0.4, -0.2) is 15.0 Å². The van der Waals surface area contributed by atoms with Crippen LogP contribution in [0.2, 0.25) is 5.02 Å². The van der Waals surface area contributed by atoms with Crippen molar-refractivity contribution in [2.24, 2.45) is 0 Å². The number of halogens is 1. The molecule has 0 unspecified atom stereocenters. The van der Waals surface area contributed by atoms with E-state index in [2.05, 4.69) is 15.0 Å². The zero-order valence-electron chi connectivity index (χ0n) is 9.20. The molecule has 4 N–H and O–H groups in total. The van der Waals surface area contributed by atoms with Gasteiger partial charge >= 0.3 is 0 Å². The summed E-state index contributed by atoms with van der Waals surface area (Å²) in [6, 6.07) is 7.24. The van der Waals surface area contributed by atoms with E-state index >= 15 is 0 Å². The lowest BCUT2D eigenvalue weighted by molar-refractivity contribution is 1.18. The maximum absolute atomic E-state index is 11.9. The van der Waals surface area contributed by atoms with Crippen molar-refractivity contribution in [3.8, 4) is 11.1 Å². The smallest absolute Gasteiger partial charge is 0.262 e. The van der Waals surface area contributed by atoms with Crippen molar-refractivity contribution in [1.29, 1.82) is 0 Å². The second-order valence-corrected chi connectivity index (χ2v) is 4.32. The van der Waals surface area contributed by atoms with E-state index < -0.39 is 0 Å². The topological polar surface area (TPSA) is 87.6 Å². The molecule has 0 aliphatic rings. The molecule has 0 aliphatic heterocycles. The van der Waals surface area contributed by atoms with Crippen LogP contribution in [0.5, 0.6) is 0 Å². The molecule has 2 heterocycles. The zero-order valence-corrected chi connectivity index (χ0v) is 9.95. The van der Waals surface area contributed by atoms with Crippen molar-refractivity contribution in [3.05, 3.63) is 45.8 Å². The Morgan fingerprint density at radius 3 is 2.67 bits per heavy atom. The third-order valence-electron chi connectivity index (χ3n) is 2.72. The number of rotatable bonds is 1. The highest BCUT2D eigenvalue weighted by atomic mass is 35.5. The number of nitrogens with zero attached hydrogens (tertiary/aromatic N) is 1. The molecule has 0 spiro atoms. The molecular formula is C12H9ClN4O. The van der Waals surface area contributed by atoms with Crippen LogP contribution in [0.4, 0.5) is 5.95 Å². The molecule has 3 rings (SSSR count). The molecule has 90 valence electrons. The summed E-state index contributed by atoms with van der Waals surface area (Å²) in [5, 5.41) is 1.14. The van der Waals surface area contributed by atoms with Crippen LogP contribution in [0.3, 0.4) is 0 Å². The number of nitrogens with two attached hydrogens (primary N) is 1. The third kappa shape index (κ3) is 1.65. The first-order chi connectivity index (χ1) is 8.65. The van der Waals surface area contributed by atoms with Gasteiger partial charge in [-0.25, -0.2) is 0 Å². The first kappa shape index (κ1) is 10.9. The lowest BCUT2D eigenvalue weighted by Crippen LogP contribution is -2.10. The van der Waals surface area contributed by atoms with E-state index in [1.165, 1.54) is 0 Å². The molecule has 0 saturated carbocycles. The summed E-state index contributed by atoms with van der Waals surface area (Å²) in [4.78, 5) is 21.4. The molecule has 2 aromatic heterocycles. The monoisotopic (exact) mass is 260 g/mol. The molecule has 0 bridgehead atoms.